The van der Waals surface area contributed by atoms with Gasteiger partial charge in [-0.3, -0.25) is 0 Å². The average molecular weight is 247 g/mol. The molecule has 0 aliphatic rings. The van der Waals surface area contributed by atoms with E-state index in [0.717, 1.165) is 0 Å². The van der Waals surface area contributed by atoms with Gasteiger partial charge in [-0.25, -0.2) is 9.37 Å². The summed E-state index contributed by atoms with van der Waals surface area (Å²) in [6.45, 7) is 1.68. The first-order chi connectivity index (χ1) is 8.63. The summed E-state index contributed by atoms with van der Waals surface area (Å²) in [6, 6.07) is 8.05. The Morgan fingerprint density at radius 1 is 1.33 bits per heavy atom. The van der Waals surface area contributed by atoms with E-state index >= 15 is 0 Å². The molecule has 0 saturated heterocycles. The number of aliphatic hydroxyl groups excluding tert-OH is 1. The van der Waals surface area contributed by atoms with E-state index in [1.165, 1.54) is 13.2 Å². The van der Waals surface area contributed by atoms with E-state index in [-0.39, 0.29) is 5.82 Å². The summed E-state index contributed by atoms with van der Waals surface area (Å²) in [4.78, 5) is 4.01. The third-order valence-corrected chi connectivity index (χ3v) is 2.80. The minimum absolute atomic E-state index is 0.339. The van der Waals surface area contributed by atoms with Gasteiger partial charge in [0.15, 0.2) is 0 Å². The fourth-order valence-corrected chi connectivity index (χ4v) is 1.74. The van der Waals surface area contributed by atoms with Crippen LogP contribution in [0.5, 0.6) is 5.88 Å². The number of aliphatic hydroxyl groups is 1. The van der Waals surface area contributed by atoms with E-state index < -0.39 is 6.10 Å². The molecule has 0 aliphatic carbocycles. The van der Waals surface area contributed by atoms with Gasteiger partial charge in [-0.1, -0.05) is 12.1 Å². The van der Waals surface area contributed by atoms with Gasteiger partial charge in [0.2, 0.25) is 5.88 Å². The average Bonchev–Trinajstić information content (AvgIpc) is 2.41. The molecule has 1 heterocycles. The molecule has 94 valence electrons. The largest absolute Gasteiger partial charge is 0.481 e. The van der Waals surface area contributed by atoms with Crippen LogP contribution in [0.15, 0.2) is 36.5 Å². The van der Waals surface area contributed by atoms with Crippen LogP contribution in [0.3, 0.4) is 0 Å². The van der Waals surface area contributed by atoms with E-state index in [1.54, 1.807) is 37.4 Å². The monoisotopic (exact) mass is 247 g/mol. The van der Waals surface area contributed by atoms with E-state index in [4.69, 9.17) is 4.74 Å². The van der Waals surface area contributed by atoms with Crippen LogP contribution in [0.1, 0.15) is 22.8 Å². The number of methoxy groups -OCH3 is 1. The number of pyridine rings is 1. The lowest BCUT2D eigenvalue weighted by atomic mass is 10.0. The third-order valence-electron chi connectivity index (χ3n) is 2.80. The number of aryl methyl sites for hydroxylation is 1. The Hall–Kier alpha value is -1.94. The second-order valence-corrected chi connectivity index (χ2v) is 4.01. The van der Waals surface area contributed by atoms with Crippen LogP contribution in [0.4, 0.5) is 4.39 Å². The first-order valence-electron chi connectivity index (χ1n) is 5.56. The third kappa shape index (κ3) is 2.33. The van der Waals surface area contributed by atoms with Crippen LogP contribution in [0.2, 0.25) is 0 Å². The lowest BCUT2D eigenvalue weighted by Gasteiger charge is -2.14. The maximum Gasteiger partial charge on any atom is 0.219 e. The lowest BCUT2D eigenvalue weighted by Crippen LogP contribution is -2.04. The van der Waals surface area contributed by atoms with Crippen LogP contribution in [-0.4, -0.2) is 17.2 Å². The first-order valence-corrected chi connectivity index (χ1v) is 5.56. The molecule has 0 aliphatic heterocycles. The number of hydrogen-bond acceptors (Lipinski definition) is 3. The zero-order valence-corrected chi connectivity index (χ0v) is 10.2. The number of benzene rings is 1. The van der Waals surface area contributed by atoms with Crippen molar-refractivity contribution in [3.63, 3.8) is 0 Å². The van der Waals surface area contributed by atoms with Crippen molar-refractivity contribution in [3.8, 4) is 5.88 Å². The molecule has 0 bridgehead atoms. The molecule has 0 fully saturated rings. The van der Waals surface area contributed by atoms with Crippen LogP contribution >= 0.6 is 0 Å². The highest BCUT2D eigenvalue weighted by Gasteiger charge is 2.16. The standard InChI is InChI=1S/C14H14FNO2/c1-9-5-6-10(8-12(9)15)13(17)11-4-3-7-16-14(11)18-2/h3-8,13,17H,1-2H3. The summed E-state index contributed by atoms with van der Waals surface area (Å²) in [6.07, 6.45) is 0.619. The summed E-state index contributed by atoms with van der Waals surface area (Å²) in [5, 5.41) is 10.2. The van der Waals surface area contributed by atoms with Gasteiger partial charge in [0.05, 0.1) is 7.11 Å². The summed E-state index contributed by atoms with van der Waals surface area (Å²) in [7, 11) is 1.48. The van der Waals surface area contributed by atoms with Crippen molar-refractivity contribution in [3.05, 3.63) is 59.0 Å². The molecule has 1 aromatic carbocycles. The molecular formula is C14H14FNO2. The molecule has 0 amide bonds. The highest BCUT2D eigenvalue weighted by molar-refractivity contribution is 5.36. The smallest absolute Gasteiger partial charge is 0.219 e. The summed E-state index contributed by atoms with van der Waals surface area (Å²) in [5.74, 6) is 0.000361. The van der Waals surface area contributed by atoms with E-state index in [1.807, 2.05) is 0 Å². The van der Waals surface area contributed by atoms with Gasteiger partial charge < -0.3 is 9.84 Å². The van der Waals surface area contributed by atoms with Gasteiger partial charge >= 0.3 is 0 Å². The minimum atomic E-state index is -0.955. The first kappa shape index (κ1) is 12.5. The van der Waals surface area contributed by atoms with Crippen LogP contribution in [0.25, 0.3) is 0 Å². The molecule has 1 unspecified atom stereocenters. The molecule has 2 rings (SSSR count). The Labute approximate surface area is 105 Å². The predicted octanol–water partition coefficient (Wildman–Crippen LogP) is 2.62. The lowest BCUT2D eigenvalue weighted by molar-refractivity contribution is 0.213. The van der Waals surface area contributed by atoms with Gasteiger partial charge in [0.1, 0.15) is 11.9 Å². The number of rotatable bonds is 3. The highest BCUT2D eigenvalue weighted by Crippen LogP contribution is 2.28. The van der Waals surface area contributed by atoms with Gasteiger partial charge in [-0.15, -0.1) is 0 Å². The Balaban J connectivity index is 2.41. The van der Waals surface area contributed by atoms with Gasteiger partial charge in [-0.05, 0) is 36.2 Å². The van der Waals surface area contributed by atoms with E-state index in [2.05, 4.69) is 4.98 Å². The van der Waals surface area contributed by atoms with E-state index in [0.29, 0.717) is 22.6 Å². The van der Waals surface area contributed by atoms with Crippen molar-refractivity contribution in [1.29, 1.82) is 0 Å². The van der Waals surface area contributed by atoms with Crippen molar-refractivity contribution >= 4 is 0 Å². The zero-order valence-electron chi connectivity index (χ0n) is 10.2. The molecule has 18 heavy (non-hydrogen) atoms. The van der Waals surface area contributed by atoms with E-state index in [9.17, 15) is 9.50 Å². The summed E-state index contributed by atoms with van der Waals surface area (Å²) >= 11 is 0. The van der Waals surface area contributed by atoms with Crippen molar-refractivity contribution in [2.45, 2.75) is 13.0 Å². The highest BCUT2D eigenvalue weighted by atomic mass is 19.1. The SMILES string of the molecule is COc1ncccc1C(O)c1ccc(C)c(F)c1. The second kappa shape index (κ2) is 5.14. The Kier molecular flexibility index (Phi) is 3.58. The molecule has 4 heteroatoms. The number of halogens is 1. The molecule has 3 nitrogen and oxygen atoms in total. The van der Waals surface area contributed by atoms with Crippen LogP contribution < -0.4 is 4.74 Å². The maximum absolute atomic E-state index is 13.5. The van der Waals surface area contributed by atoms with Crippen molar-refractivity contribution < 1.29 is 14.2 Å². The van der Waals surface area contributed by atoms with Crippen LogP contribution in [-0.2, 0) is 0 Å². The van der Waals surface area contributed by atoms with Crippen molar-refractivity contribution in [1.82, 2.24) is 4.98 Å². The quantitative estimate of drug-likeness (QED) is 0.906. The Bertz CT molecular complexity index is 557. The van der Waals surface area contributed by atoms with Gasteiger partial charge in [0, 0.05) is 11.8 Å². The number of ether oxygens (including phenoxy) is 1. The molecule has 0 radical (unpaired) electrons. The fourth-order valence-electron chi connectivity index (χ4n) is 1.74. The van der Waals surface area contributed by atoms with Crippen molar-refractivity contribution in [2.24, 2.45) is 0 Å². The van der Waals surface area contributed by atoms with Crippen LogP contribution in [0, 0.1) is 12.7 Å². The molecule has 0 saturated carbocycles. The summed E-state index contributed by atoms with van der Waals surface area (Å²) in [5.41, 5.74) is 1.54. The topological polar surface area (TPSA) is 42.4 Å². The Morgan fingerprint density at radius 3 is 2.78 bits per heavy atom. The molecule has 2 aromatic rings. The number of aromatic nitrogens is 1. The number of hydrogen-bond donors (Lipinski definition) is 1. The molecule has 0 spiro atoms. The minimum Gasteiger partial charge on any atom is -0.481 e. The zero-order chi connectivity index (χ0) is 13.1. The maximum atomic E-state index is 13.5. The molecular weight excluding hydrogens is 233 g/mol. The van der Waals surface area contributed by atoms with Gasteiger partial charge in [-0.2, -0.15) is 0 Å². The number of nitrogens with zero attached hydrogens (tertiary/aromatic N) is 1. The predicted molar refractivity (Wildman–Crippen MR) is 66.0 cm³/mol. The molecule has 1 atom stereocenters. The normalized spacial score (nSPS) is 12.2. The second-order valence-electron chi connectivity index (χ2n) is 4.01. The fraction of sp³-hybridized carbons (Fsp3) is 0.214. The molecule has 1 aromatic heterocycles. The summed E-state index contributed by atoms with van der Waals surface area (Å²) < 4.78 is 18.6. The van der Waals surface area contributed by atoms with Crippen molar-refractivity contribution in [2.75, 3.05) is 7.11 Å². The Morgan fingerprint density at radius 2 is 2.11 bits per heavy atom. The molecule has 1 N–H and O–H groups in total. The van der Waals surface area contributed by atoms with Gasteiger partial charge in [0.25, 0.3) is 0 Å².